The smallest absolute Gasteiger partial charge is 0.191 e. The first kappa shape index (κ1) is 18.2. The minimum atomic E-state index is 0. The van der Waals surface area contributed by atoms with E-state index < -0.39 is 0 Å². The molecule has 1 aromatic carbocycles. The number of guanidine groups is 1. The number of benzene rings is 1. The van der Waals surface area contributed by atoms with Crippen molar-refractivity contribution in [2.24, 2.45) is 4.99 Å². The largest absolute Gasteiger partial charge is 0.459 e. The van der Waals surface area contributed by atoms with Gasteiger partial charge in [-0.3, -0.25) is 0 Å². The first-order valence-electron chi connectivity index (χ1n) is 6.82. The maximum Gasteiger partial charge on any atom is 0.191 e. The van der Waals surface area contributed by atoms with E-state index in [1.165, 1.54) is 0 Å². The predicted octanol–water partition coefficient (Wildman–Crippen LogP) is 3.47. The van der Waals surface area contributed by atoms with E-state index in [4.69, 9.17) is 4.42 Å². The van der Waals surface area contributed by atoms with Crippen molar-refractivity contribution in [3.05, 3.63) is 36.1 Å². The Bertz CT molecular complexity index is 538. The molecule has 0 aliphatic carbocycles. The molecule has 1 heterocycles. The Kier molecular flexibility index (Phi) is 8.60. The van der Waals surface area contributed by atoms with E-state index in [1.54, 1.807) is 0 Å². The first-order valence-corrected chi connectivity index (χ1v) is 8.21. The number of nitrogens with one attached hydrogen (secondary N) is 2. The number of aliphatic imine (C=N–C) groups is 1. The summed E-state index contributed by atoms with van der Waals surface area (Å²) >= 11 is 1.82. The second kappa shape index (κ2) is 9.94. The third kappa shape index (κ3) is 5.78. The molecule has 0 atom stereocenters. The van der Waals surface area contributed by atoms with Gasteiger partial charge in [-0.25, -0.2) is 4.99 Å². The van der Waals surface area contributed by atoms with Crippen LogP contribution in [0, 0.1) is 0 Å². The quantitative estimate of drug-likeness (QED) is 0.326. The van der Waals surface area contributed by atoms with Crippen molar-refractivity contribution in [2.45, 2.75) is 13.5 Å². The van der Waals surface area contributed by atoms with Crippen molar-refractivity contribution in [2.75, 3.05) is 25.1 Å². The SMILES string of the molecule is CCNC(=NCc1cc2ccccc2o1)NCCSC.I. The van der Waals surface area contributed by atoms with Crippen LogP contribution in [0.1, 0.15) is 12.7 Å². The molecule has 2 N–H and O–H groups in total. The summed E-state index contributed by atoms with van der Waals surface area (Å²) in [6, 6.07) is 10.1. The summed E-state index contributed by atoms with van der Waals surface area (Å²) in [7, 11) is 0. The third-order valence-corrected chi connectivity index (χ3v) is 3.42. The van der Waals surface area contributed by atoms with E-state index >= 15 is 0 Å². The number of halogens is 1. The minimum absolute atomic E-state index is 0. The molecule has 0 saturated heterocycles. The van der Waals surface area contributed by atoms with Gasteiger partial charge in [0, 0.05) is 24.2 Å². The van der Waals surface area contributed by atoms with Gasteiger partial charge < -0.3 is 15.1 Å². The highest BCUT2D eigenvalue weighted by atomic mass is 127. The van der Waals surface area contributed by atoms with E-state index in [9.17, 15) is 0 Å². The summed E-state index contributed by atoms with van der Waals surface area (Å²) in [6.45, 7) is 4.37. The van der Waals surface area contributed by atoms with Gasteiger partial charge in [-0.2, -0.15) is 11.8 Å². The summed E-state index contributed by atoms with van der Waals surface area (Å²) in [5, 5.41) is 7.66. The average molecular weight is 419 g/mol. The molecular weight excluding hydrogens is 397 g/mol. The number of furan rings is 1. The predicted molar refractivity (Wildman–Crippen MR) is 103 cm³/mol. The number of hydrogen-bond acceptors (Lipinski definition) is 3. The molecule has 0 saturated carbocycles. The molecule has 4 nitrogen and oxygen atoms in total. The van der Waals surface area contributed by atoms with Crippen LogP contribution in [0.15, 0.2) is 39.7 Å². The summed E-state index contributed by atoms with van der Waals surface area (Å²) in [4.78, 5) is 4.54. The number of thioether (sulfide) groups is 1. The van der Waals surface area contributed by atoms with Crippen molar-refractivity contribution in [3.63, 3.8) is 0 Å². The molecule has 0 radical (unpaired) electrons. The van der Waals surface area contributed by atoms with Gasteiger partial charge in [-0.15, -0.1) is 24.0 Å². The maximum absolute atomic E-state index is 5.76. The zero-order valence-electron chi connectivity index (χ0n) is 12.4. The second-order valence-electron chi connectivity index (χ2n) is 4.37. The van der Waals surface area contributed by atoms with E-state index in [-0.39, 0.29) is 24.0 Å². The van der Waals surface area contributed by atoms with Crippen LogP contribution in [0.4, 0.5) is 0 Å². The number of fused-ring (bicyclic) bond motifs is 1. The van der Waals surface area contributed by atoms with Crippen molar-refractivity contribution in [3.8, 4) is 0 Å². The molecule has 0 spiro atoms. The van der Waals surface area contributed by atoms with E-state index in [0.29, 0.717) is 6.54 Å². The number of nitrogens with zero attached hydrogens (tertiary/aromatic N) is 1. The zero-order valence-corrected chi connectivity index (χ0v) is 15.5. The normalized spacial score (nSPS) is 11.2. The Morgan fingerprint density at radius 2 is 2.10 bits per heavy atom. The van der Waals surface area contributed by atoms with Gasteiger partial charge >= 0.3 is 0 Å². The molecule has 0 aliphatic heterocycles. The molecule has 1 aromatic heterocycles. The van der Waals surface area contributed by atoms with Crippen molar-refractivity contribution >= 4 is 52.7 Å². The van der Waals surface area contributed by atoms with Crippen LogP contribution in [-0.2, 0) is 6.54 Å². The lowest BCUT2D eigenvalue weighted by Gasteiger charge is -2.09. The molecule has 0 aliphatic rings. The fraction of sp³-hybridized carbons (Fsp3) is 0.400. The lowest BCUT2D eigenvalue weighted by molar-refractivity contribution is 0.552. The van der Waals surface area contributed by atoms with Crippen molar-refractivity contribution in [1.29, 1.82) is 0 Å². The lowest BCUT2D eigenvalue weighted by Crippen LogP contribution is -2.38. The Morgan fingerprint density at radius 3 is 2.81 bits per heavy atom. The molecular formula is C15H22IN3OS. The number of hydrogen-bond donors (Lipinski definition) is 2. The molecule has 0 amide bonds. The molecule has 6 heteroatoms. The molecule has 0 unspecified atom stereocenters. The summed E-state index contributed by atoms with van der Waals surface area (Å²) in [6.07, 6.45) is 2.10. The van der Waals surface area contributed by atoms with Crippen LogP contribution in [0.5, 0.6) is 0 Å². The Morgan fingerprint density at radius 1 is 1.29 bits per heavy atom. The standard InChI is InChI=1S/C15H21N3OS.HI/c1-3-16-15(17-8-9-20-2)18-11-13-10-12-6-4-5-7-14(12)19-13;/h4-7,10H,3,8-9,11H2,1-2H3,(H2,16,17,18);1H. The number of para-hydroxylation sites is 1. The summed E-state index contributed by atoms with van der Waals surface area (Å²) in [5.41, 5.74) is 0.915. The monoisotopic (exact) mass is 419 g/mol. The van der Waals surface area contributed by atoms with E-state index in [0.717, 1.165) is 41.5 Å². The Balaban J connectivity index is 0.00000220. The fourth-order valence-electron chi connectivity index (χ4n) is 1.88. The van der Waals surface area contributed by atoms with Gasteiger partial charge in [-0.1, -0.05) is 18.2 Å². The molecule has 0 bridgehead atoms. The van der Waals surface area contributed by atoms with Gasteiger partial charge in [0.1, 0.15) is 17.9 Å². The fourth-order valence-corrected chi connectivity index (χ4v) is 2.19. The van der Waals surface area contributed by atoms with Gasteiger partial charge in [0.2, 0.25) is 0 Å². The third-order valence-electron chi connectivity index (χ3n) is 2.81. The molecule has 116 valence electrons. The summed E-state index contributed by atoms with van der Waals surface area (Å²) in [5.74, 6) is 2.78. The van der Waals surface area contributed by atoms with Crippen LogP contribution in [0.2, 0.25) is 0 Å². The van der Waals surface area contributed by atoms with Crippen LogP contribution in [-0.4, -0.2) is 31.1 Å². The minimum Gasteiger partial charge on any atom is -0.459 e. The highest BCUT2D eigenvalue weighted by Crippen LogP contribution is 2.19. The molecule has 2 aromatic rings. The molecule has 21 heavy (non-hydrogen) atoms. The van der Waals surface area contributed by atoms with Gasteiger partial charge in [0.25, 0.3) is 0 Å². The Hall–Kier alpha value is -0.890. The van der Waals surface area contributed by atoms with Gasteiger partial charge in [0.05, 0.1) is 0 Å². The highest BCUT2D eigenvalue weighted by Gasteiger charge is 2.03. The Labute approximate surface area is 147 Å². The van der Waals surface area contributed by atoms with Gasteiger partial charge in [-0.05, 0) is 25.3 Å². The van der Waals surface area contributed by atoms with Crippen molar-refractivity contribution < 1.29 is 4.42 Å². The number of rotatable bonds is 6. The maximum atomic E-state index is 5.76. The van der Waals surface area contributed by atoms with Crippen LogP contribution in [0.3, 0.4) is 0 Å². The van der Waals surface area contributed by atoms with E-state index in [2.05, 4.69) is 28.8 Å². The first-order chi connectivity index (χ1) is 9.83. The summed E-state index contributed by atoms with van der Waals surface area (Å²) < 4.78 is 5.76. The molecule has 2 rings (SSSR count). The second-order valence-corrected chi connectivity index (χ2v) is 5.35. The molecule has 0 fully saturated rings. The average Bonchev–Trinajstić information content (AvgIpc) is 2.87. The van der Waals surface area contributed by atoms with E-state index in [1.807, 2.05) is 42.1 Å². The van der Waals surface area contributed by atoms with Crippen LogP contribution < -0.4 is 10.6 Å². The highest BCUT2D eigenvalue weighted by molar-refractivity contribution is 14.0. The van der Waals surface area contributed by atoms with Crippen LogP contribution >= 0.6 is 35.7 Å². The van der Waals surface area contributed by atoms with Crippen LogP contribution in [0.25, 0.3) is 11.0 Å². The zero-order chi connectivity index (χ0) is 14.2. The van der Waals surface area contributed by atoms with Gasteiger partial charge in [0.15, 0.2) is 5.96 Å². The lowest BCUT2D eigenvalue weighted by atomic mass is 10.2. The topological polar surface area (TPSA) is 49.6 Å². The van der Waals surface area contributed by atoms with Crippen molar-refractivity contribution in [1.82, 2.24) is 10.6 Å².